The van der Waals surface area contributed by atoms with Crippen LogP contribution in [0.5, 0.6) is 0 Å². The van der Waals surface area contributed by atoms with Crippen LogP contribution in [-0.4, -0.2) is 39.0 Å². The van der Waals surface area contributed by atoms with E-state index in [-0.39, 0.29) is 6.10 Å². The minimum Gasteiger partial charge on any atom is -0.393 e. The first-order chi connectivity index (χ1) is 11.0. The van der Waals surface area contributed by atoms with Crippen LogP contribution in [0.1, 0.15) is 35.4 Å². The Morgan fingerprint density at radius 1 is 1.17 bits per heavy atom. The summed E-state index contributed by atoms with van der Waals surface area (Å²) < 4.78 is 2.05. The van der Waals surface area contributed by atoms with Gasteiger partial charge in [0.05, 0.1) is 18.3 Å². The standard InChI is InChI=1S/C18H24ClN3O/c1-13-17(12-21-9-7-16(23)8-10-21)14(2)22(20-13)11-15-5-3-4-6-18(15)19/h3-6,16,23H,7-12H2,1-2H3. The fourth-order valence-electron chi connectivity index (χ4n) is 3.21. The SMILES string of the molecule is Cc1nn(Cc2ccccc2Cl)c(C)c1CN1CCC(O)CC1. The minimum absolute atomic E-state index is 0.128. The van der Waals surface area contributed by atoms with Gasteiger partial charge in [-0.2, -0.15) is 5.10 Å². The second-order valence-corrected chi connectivity index (χ2v) is 6.81. The first-order valence-corrected chi connectivity index (χ1v) is 8.59. The minimum atomic E-state index is -0.128. The summed E-state index contributed by atoms with van der Waals surface area (Å²) in [6, 6.07) is 7.92. The zero-order chi connectivity index (χ0) is 16.4. The Morgan fingerprint density at radius 2 is 1.87 bits per heavy atom. The molecule has 2 aromatic rings. The molecule has 1 aliphatic heterocycles. The molecule has 0 bridgehead atoms. The predicted molar refractivity (Wildman–Crippen MR) is 92.8 cm³/mol. The summed E-state index contributed by atoms with van der Waals surface area (Å²) in [5.74, 6) is 0. The zero-order valence-electron chi connectivity index (χ0n) is 13.8. The monoisotopic (exact) mass is 333 g/mol. The maximum absolute atomic E-state index is 9.64. The molecule has 1 fully saturated rings. The van der Waals surface area contributed by atoms with Crippen molar-refractivity contribution < 1.29 is 5.11 Å². The third kappa shape index (κ3) is 3.77. The van der Waals surface area contributed by atoms with Gasteiger partial charge in [0, 0.05) is 35.9 Å². The molecule has 1 aliphatic rings. The Labute approximate surface area is 142 Å². The number of aromatic nitrogens is 2. The van der Waals surface area contributed by atoms with Gasteiger partial charge in [-0.05, 0) is 38.3 Å². The normalized spacial score (nSPS) is 16.9. The van der Waals surface area contributed by atoms with E-state index in [1.807, 2.05) is 28.9 Å². The number of aliphatic hydroxyl groups is 1. The van der Waals surface area contributed by atoms with Gasteiger partial charge in [0.1, 0.15) is 0 Å². The Hall–Kier alpha value is -1.36. The van der Waals surface area contributed by atoms with Crippen molar-refractivity contribution in [1.82, 2.24) is 14.7 Å². The number of halogens is 1. The van der Waals surface area contributed by atoms with Crippen LogP contribution < -0.4 is 0 Å². The zero-order valence-corrected chi connectivity index (χ0v) is 14.6. The second-order valence-electron chi connectivity index (χ2n) is 6.41. The Balaban J connectivity index is 1.75. The molecule has 1 aromatic heterocycles. The van der Waals surface area contributed by atoms with Crippen LogP contribution in [0, 0.1) is 13.8 Å². The van der Waals surface area contributed by atoms with Crippen LogP contribution in [0.3, 0.4) is 0 Å². The Morgan fingerprint density at radius 3 is 2.57 bits per heavy atom. The van der Waals surface area contributed by atoms with Crippen molar-refractivity contribution in [2.45, 2.75) is 45.9 Å². The van der Waals surface area contributed by atoms with Crippen LogP contribution in [0.15, 0.2) is 24.3 Å². The molecule has 0 saturated carbocycles. The van der Waals surface area contributed by atoms with Gasteiger partial charge in [-0.25, -0.2) is 0 Å². The lowest BCUT2D eigenvalue weighted by molar-refractivity contribution is 0.0791. The molecule has 0 amide bonds. The van der Waals surface area contributed by atoms with Crippen LogP contribution in [-0.2, 0) is 13.1 Å². The quantitative estimate of drug-likeness (QED) is 0.934. The summed E-state index contributed by atoms with van der Waals surface area (Å²) >= 11 is 6.27. The second kappa shape index (κ2) is 7.04. The van der Waals surface area contributed by atoms with Crippen molar-refractivity contribution in [3.8, 4) is 0 Å². The van der Waals surface area contributed by atoms with E-state index in [1.165, 1.54) is 11.3 Å². The summed E-state index contributed by atoms with van der Waals surface area (Å²) in [7, 11) is 0. The molecule has 0 unspecified atom stereocenters. The third-order valence-corrected chi connectivity index (χ3v) is 5.12. The third-order valence-electron chi connectivity index (χ3n) is 4.75. The lowest BCUT2D eigenvalue weighted by Gasteiger charge is -2.29. The molecule has 5 heteroatoms. The van der Waals surface area contributed by atoms with Crippen LogP contribution >= 0.6 is 11.6 Å². The summed E-state index contributed by atoms with van der Waals surface area (Å²) in [6.45, 7) is 7.72. The van der Waals surface area contributed by atoms with Crippen molar-refractivity contribution in [2.75, 3.05) is 13.1 Å². The highest BCUT2D eigenvalue weighted by atomic mass is 35.5. The molecule has 0 radical (unpaired) electrons. The molecule has 0 spiro atoms. The Bertz CT molecular complexity index is 675. The van der Waals surface area contributed by atoms with E-state index in [4.69, 9.17) is 16.7 Å². The van der Waals surface area contributed by atoms with Crippen molar-refractivity contribution in [3.05, 3.63) is 51.8 Å². The Kier molecular flexibility index (Phi) is 5.05. The van der Waals surface area contributed by atoms with Gasteiger partial charge in [0.25, 0.3) is 0 Å². The maximum atomic E-state index is 9.64. The molecule has 0 aliphatic carbocycles. The van der Waals surface area contributed by atoms with Crippen LogP contribution in [0.4, 0.5) is 0 Å². The molecule has 2 heterocycles. The number of aryl methyl sites for hydroxylation is 1. The number of rotatable bonds is 4. The van der Waals surface area contributed by atoms with Crippen LogP contribution in [0.2, 0.25) is 5.02 Å². The van der Waals surface area contributed by atoms with Crippen molar-refractivity contribution in [3.63, 3.8) is 0 Å². The van der Waals surface area contributed by atoms with Crippen molar-refractivity contribution in [2.24, 2.45) is 0 Å². The average Bonchev–Trinajstić information content (AvgIpc) is 2.79. The van der Waals surface area contributed by atoms with Crippen molar-refractivity contribution in [1.29, 1.82) is 0 Å². The van der Waals surface area contributed by atoms with Gasteiger partial charge in [-0.3, -0.25) is 9.58 Å². The molecule has 1 saturated heterocycles. The molecule has 1 N–H and O–H groups in total. The molecule has 0 atom stereocenters. The van der Waals surface area contributed by atoms with E-state index in [2.05, 4.69) is 18.7 Å². The van der Waals surface area contributed by atoms with E-state index in [9.17, 15) is 5.11 Å². The highest BCUT2D eigenvalue weighted by Crippen LogP contribution is 2.22. The smallest absolute Gasteiger partial charge is 0.0677 e. The first kappa shape index (κ1) is 16.5. The molecule has 4 nitrogen and oxygen atoms in total. The number of hydrogen-bond donors (Lipinski definition) is 1. The molecule has 124 valence electrons. The summed E-state index contributed by atoms with van der Waals surface area (Å²) in [4.78, 5) is 2.41. The van der Waals surface area contributed by atoms with E-state index in [1.54, 1.807) is 0 Å². The molecular weight excluding hydrogens is 310 g/mol. The number of benzene rings is 1. The summed E-state index contributed by atoms with van der Waals surface area (Å²) in [5, 5.41) is 15.1. The number of nitrogens with zero attached hydrogens (tertiary/aromatic N) is 3. The number of likely N-dealkylation sites (tertiary alicyclic amines) is 1. The van der Waals surface area contributed by atoms with Crippen LogP contribution in [0.25, 0.3) is 0 Å². The van der Waals surface area contributed by atoms with Gasteiger partial charge in [0.2, 0.25) is 0 Å². The highest BCUT2D eigenvalue weighted by Gasteiger charge is 2.20. The average molecular weight is 334 g/mol. The van der Waals surface area contributed by atoms with Gasteiger partial charge < -0.3 is 5.11 Å². The maximum Gasteiger partial charge on any atom is 0.0677 e. The molecule has 3 rings (SSSR count). The summed E-state index contributed by atoms with van der Waals surface area (Å²) in [5.41, 5.74) is 4.68. The largest absolute Gasteiger partial charge is 0.393 e. The lowest BCUT2D eigenvalue weighted by atomic mass is 10.1. The van der Waals surface area contributed by atoms with E-state index >= 15 is 0 Å². The van der Waals surface area contributed by atoms with Gasteiger partial charge in [-0.1, -0.05) is 29.8 Å². The van der Waals surface area contributed by atoms with Gasteiger partial charge >= 0.3 is 0 Å². The van der Waals surface area contributed by atoms with Gasteiger partial charge in [-0.15, -0.1) is 0 Å². The first-order valence-electron chi connectivity index (χ1n) is 8.21. The number of aliphatic hydroxyl groups excluding tert-OH is 1. The molecular formula is C18H24ClN3O. The predicted octanol–water partition coefficient (Wildman–Crippen LogP) is 3.16. The van der Waals surface area contributed by atoms with E-state index < -0.39 is 0 Å². The topological polar surface area (TPSA) is 41.3 Å². The fourth-order valence-corrected chi connectivity index (χ4v) is 3.40. The lowest BCUT2D eigenvalue weighted by Crippen LogP contribution is -2.35. The molecule has 1 aromatic carbocycles. The molecule has 23 heavy (non-hydrogen) atoms. The highest BCUT2D eigenvalue weighted by molar-refractivity contribution is 6.31. The number of hydrogen-bond acceptors (Lipinski definition) is 3. The van der Waals surface area contributed by atoms with E-state index in [0.29, 0.717) is 6.54 Å². The van der Waals surface area contributed by atoms with E-state index in [0.717, 1.165) is 48.8 Å². The number of piperidine rings is 1. The summed E-state index contributed by atoms with van der Waals surface area (Å²) in [6.07, 6.45) is 1.61. The van der Waals surface area contributed by atoms with Crippen molar-refractivity contribution >= 4 is 11.6 Å². The fraction of sp³-hybridized carbons (Fsp3) is 0.500. The van der Waals surface area contributed by atoms with Gasteiger partial charge in [0.15, 0.2) is 0 Å².